The first-order valence-corrected chi connectivity index (χ1v) is 5.22. The van der Waals surface area contributed by atoms with Crippen LogP contribution in [0.5, 0.6) is 0 Å². The third-order valence-corrected chi connectivity index (χ3v) is 2.70. The van der Waals surface area contributed by atoms with Gasteiger partial charge in [-0.3, -0.25) is 0 Å². The number of nitrogen functional groups attached to an aromatic ring is 1. The number of hydrogen-bond acceptors (Lipinski definition) is 5. The van der Waals surface area contributed by atoms with Crippen molar-refractivity contribution in [3.8, 4) is 11.3 Å². The van der Waals surface area contributed by atoms with Crippen LogP contribution in [0, 0.1) is 0 Å². The number of hydrogen-bond donors (Lipinski definition) is 3. The molecule has 0 saturated heterocycles. The first kappa shape index (κ1) is 10.2. The average Bonchev–Trinajstić information content (AvgIpc) is 2.65. The van der Waals surface area contributed by atoms with Crippen molar-refractivity contribution in [2.75, 3.05) is 5.73 Å². The topological polar surface area (TPSA) is 79.4 Å². The van der Waals surface area contributed by atoms with Gasteiger partial charge in [0, 0.05) is 10.9 Å². The Kier molecular flexibility index (Phi) is 2.72. The molecule has 0 aliphatic rings. The molecule has 0 radical (unpaired) electrons. The van der Waals surface area contributed by atoms with Crippen LogP contribution >= 0.6 is 11.3 Å². The van der Waals surface area contributed by atoms with Crippen LogP contribution in [0.25, 0.3) is 11.3 Å². The highest BCUT2D eigenvalue weighted by molar-refractivity contribution is 7.13. The largest absolute Gasteiger partial charge is 0.488 e. The molecule has 2 rings (SSSR count). The minimum Gasteiger partial charge on any atom is -0.423 e. The normalized spacial score (nSPS) is 10.3. The van der Waals surface area contributed by atoms with Gasteiger partial charge in [0.15, 0.2) is 5.13 Å². The van der Waals surface area contributed by atoms with E-state index in [-0.39, 0.29) is 0 Å². The van der Waals surface area contributed by atoms with Crippen molar-refractivity contribution in [1.29, 1.82) is 0 Å². The second-order valence-corrected chi connectivity index (χ2v) is 3.96. The van der Waals surface area contributed by atoms with E-state index in [1.54, 1.807) is 24.3 Å². The van der Waals surface area contributed by atoms with Gasteiger partial charge in [0.25, 0.3) is 0 Å². The van der Waals surface area contributed by atoms with Crippen LogP contribution in [-0.2, 0) is 0 Å². The van der Waals surface area contributed by atoms with E-state index in [1.165, 1.54) is 11.3 Å². The van der Waals surface area contributed by atoms with E-state index < -0.39 is 7.12 Å². The number of rotatable bonds is 2. The zero-order chi connectivity index (χ0) is 10.8. The Morgan fingerprint density at radius 3 is 2.33 bits per heavy atom. The fraction of sp³-hybridized carbons (Fsp3) is 0. The van der Waals surface area contributed by atoms with Gasteiger partial charge in [0.05, 0.1) is 5.69 Å². The molecule has 0 bridgehead atoms. The van der Waals surface area contributed by atoms with E-state index >= 15 is 0 Å². The Morgan fingerprint density at radius 1 is 1.20 bits per heavy atom. The molecule has 0 spiro atoms. The summed E-state index contributed by atoms with van der Waals surface area (Å²) < 4.78 is 0. The van der Waals surface area contributed by atoms with Crippen molar-refractivity contribution in [2.45, 2.75) is 0 Å². The van der Waals surface area contributed by atoms with Gasteiger partial charge in [0.1, 0.15) is 0 Å². The molecule has 1 aromatic heterocycles. The lowest BCUT2D eigenvalue weighted by atomic mass is 9.80. The summed E-state index contributed by atoms with van der Waals surface area (Å²) in [5.41, 5.74) is 7.69. The van der Waals surface area contributed by atoms with E-state index in [1.807, 2.05) is 5.38 Å². The van der Waals surface area contributed by atoms with Crippen LogP contribution in [0.3, 0.4) is 0 Å². The van der Waals surface area contributed by atoms with Crippen LogP contribution in [0.4, 0.5) is 5.13 Å². The standard InChI is InChI=1S/C9H9BN2O2S/c11-9-12-8(5-15-9)6-1-3-7(4-2-6)10(13)14/h1-5,13-14H,(H2,11,12). The van der Waals surface area contributed by atoms with Crippen molar-refractivity contribution in [2.24, 2.45) is 0 Å². The van der Waals surface area contributed by atoms with E-state index in [2.05, 4.69) is 4.98 Å². The van der Waals surface area contributed by atoms with Crippen molar-refractivity contribution >= 4 is 29.0 Å². The zero-order valence-corrected chi connectivity index (χ0v) is 8.61. The molecule has 0 amide bonds. The maximum atomic E-state index is 8.91. The third-order valence-electron chi connectivity index (χ3n) is 2.03. The molecule has 4 N–H and O–H groups in total. The van der Waals surface area contributed by atoms with Gasteiger partial charge in [-0.1, -0.05) is 24.3 Å². The maximum Gasteiger partial charge on any atom is 0.488 e. The SMILES string of the molecule is Nc1nc(-c2ccc(B(O)O)cc2)cs1. The highest BCUT2D eigenvalue weighted by Gasteiger charge is 2.10. The summed E-state index contributed by atoms with van der Waals surface area (Å²) in [5.74, 6) is 0. The summed E-state index contributed by atoms with van der Waals surface area (Å²) in [6.07, 6.45) is 0. The Labute approximate surface area is 91.2 Å². The first-order chi connectivity index (χ1) is 7.16. The van der Waals surface area contributed by atoms with Crippen LogP contribution in [0.2, 0.25) is 0 Å². The lowest BCUT2D eigenvalue weighted by molar-refractivity contribution is 0.426. The molecular formula is C9H9BN2O2S. The average molecular weight is 220 g/mol. The van der Waals surface area contributed by atoms with Crippen LogP contribution in [0.1, 0.15) is 0 Å². The van der Waals surface area contributed by atoms with E-state index in [9.17, 15) is 0 Å². The second kappa shape index (κ2) is 4.02. The minimum atomic E-state index is -1.43. The van der Waals surface area contributed by atoms with Gasteiger partial charge >= 0.3 is 7.12 Å². The lowest BCUT2D eigenvalue weighted by Crippen LogP contribution is -2.29. The Morgan fingerprint density at radius 2 is 1.87 bits per heavy atom. The first-order valence-electron chi connectivity index (χ1n) is 4.34. The van der Waals surface area contributed by atoms with E-state index in [0.717, 1.165) is 11.3 Å². The van der Waals surface area contributed by atoms with Crippen molar-refractivity contribution in [3.63, 3.8) is 0 Å². The molecule has 0 aliphatic heterocycles. The number of aromatic nitrogens is 1. The molecule has 0 aliphatic carbocycles. The fourth-order valence-electron chi connectivity index (χ4n) is 1.25. The highest BCUT2D eigenvalue weighted by Crippen LogP contribution is 2.21. The van der Waals surface area contributed by atoms with Crippen molar-refractivity contribution in [3.05, 3.63) is 29.6 Å². The lowest BCUT2D eigenvalue weighted by Gasteiger charge is -2.00. The molecule has 4 nitrogen and oxygen atoms in total. The molecule has 1 heterocycles. The van der Waals surface area contributed by atoms with Crippen molar-refractivity contribution in [1.82, 2.24) is 4.98 Å². The molecule has 76 valence electrons. The summed E-state index contributed by atoms with van der Waals surface area (Å²) >= 11 is 1.38. The van der Waals surface area contributed by atoms with Gasteiger partial charge < -0.3 is 15.8 Å². The molecule has 2 aromatic rings. The monoisotopic (exact) mass is 220 g/mol. The second-order valence-electron chi connectivity index (χ2n) is 3.07. The summed E-state index contributed by atoms with van der Waals surface area (Å²) in [6.45, 7) is 0. The minimum absolute atomic E-state index is 0.460. The number of nitrogens with zero attached hydrogens (tertiary/aromatic N) is 1. The maximum absolute atomic E-state index is 8.91. The molecule has 0 atom stereocenters. The highest BCUT2D eigenvalue weighted by atomic mass is 32.1. The van der Waals surface area contributed by atoms with Crippen LogP contribution < -0.4 is 11.2 Å². The molecular weight excluding hydrogens is 211 g/mol. The number of thiazole rings is 1. The van der Waals surface area contributed by atoms with Crippen molar-refractivity contribution < 1.29 is 10.0 Å². The van der Waals surface area contributed by atoms with Gasteiger partial charge in [-0.15, -0.1) is 11.3 Å². The smallest absolute Gasteiger partial charge is 0.423 e. The summed E-state index contributed by atoms with van der Waals surface area (Å²) in [4.78, 5) is 4.13. The van der Waals surface area contributed by atoms with Crippen LogP contribution in [-0.4, -0.2) is 22.2 Å². The number of benzene rings is 1. The molecule has 0 fully saturated rings. The third kappa shape index (κ3) is 2.17. The van der Waals surface area contributed by atoms with Gasteiger partial charge in [0.2, 0.25) is 0 Å². The molecule has 1 aromatic carbocycles. The predicted molar refractivity (Wildman–Crippen MR) is 61.8 cm³/mol. The van der Waals surface area contributed by atoms with E-state index in [4.69, 9.17) is 15.8 Å². The number of nitrogens with two attached hydrogens (primary N) is 1. The fourth-order valence-corrected chi connectivity index (χ4v) is 1.82. The zero-order valence-electron chi connectivity index (χ0n) is 7.79. The summed E-state index contributed by atoms with van der Waals surface area (Å²) in [5, 5.41) is 20.2. The van der Waals surface area contributed by atoms with Crippen LogP contribution in [0.15, 0.2) is 29.6 Å². The Bertz CT molecular complexity index is 455. The molecule has 6 heteroatoms. The van der Waals surface area contributed by atoms with Gasteiger partial charge in [-0.25, -0.2) is 4.98 Å². The molecule has 0 unspecified atom stereocenters. The Balaban J connectivity index is 2.31. The van der Waals surface area contributed by atoms with Gasteiger partial charge in [-0.05, 0) is 5.46 Å². The summed E-state index contributed by atoms with van der Waals surface area (Å²) in [6, 6.07) is 6.86. The Hall–Kier alpha value is -1.37. The number of anilines is 1. The summed E-state index contributed by atoms with van der Waals surface area (Å²) in [7, 11) is -1.43. The van der Waals surface area contributed by atoms with E-state index in [0.29, 0.717) is 10.6 Å². The quantitative estimate of drug-likeness (QED) is 0.626. The molecule has 0 saturated carbocycles. The molecule has 15 heavy (non-hydrogen) atoms. The predicted octanol–water partition coefficient (Wildman–Crippen LogP) is 0.0721. The van der Waals surface area contributed by atoms with Gasteiger partial charge in [-0.2, -0.15) is 0 Å².